The van der Waals surface area contributed by atoms with Crippen molar-refractivity contribution in [2.24, 2.45) is 0 Å². The number of aromatic nitrogens is 4. The Morgan fingerprint density at radius 3 is 2.23 bits per heavy atom. The van der Waals surface area contributed by atoms with E-state index < -0.39 is 0 Å². The molecule has 2 atom stereocenters. The van der Waals surface area contributed by atoms with Crippen LogP contribution in [0.3, 0.4) is 0 Å². The highest BCUT2D eigenvalue weighted by Gasteiger charge is 2.31. The third-order valence-electron chi connectivity index (χ3n) is 7.36. The molecule has 12 heteroatoms. The van der Waals surface area contributed by atoms with Crippen LogP contribution in [0.2, 0.25) is 0 Å². The lowest BCUT2D eigenvalue weighted by molar-refractivity contribution is -0.133. The van der Waals surface area contributed by atoms with E-state index in [1.54, 1.807) is 31.2 Å². The molecule has 206 valence electrons. The topological polar surface area (TPSA) is 115 Å². The number of anilines is 4. The SMILES string of the molecule is CNC(=O)N1CCN(c2ccc(Nc3ncn(-c4ccnc(N5C[C@@H](C)N(C(C)=O)[C@@H](C)C5)c4)n3)cc2)CC1. The smallest absolute Gasteiger partial charge is 0.317 e. The summed E-state index contributed by atoms with van der Waals surface area (Å²) in [4.78, 5) is 41.1. The van der Waals surface area contributed by atoms with Crippen LogP contribution in [0.1, 0.15) is 20.8 Å². The number of carbonyl (C=O) groups is 2. The Morgan fingerprint density at radius 1 is 0.897 bits per heavy atom. The van der Waals surface area contributed by atoms with Gasteiger partial charge in [0.1, 0.15) is 12.1 Å². The number of carbonyl (C=O) groups excluding carboxylic acids is 2. The van der Waals surface area contributed by atoms with E-state index in [4.69, 9.17) is 0 Å². The van der Waals surface area contributed by atoms with Gasteiger partial charge in [-0.1, -0.05) is 0 Å². The van der Waals surface area contributed by atoms with Crippen molar-refractivity contribution in [3.05, 3.63) is 48.9 Å². The maximum absolute atomic E-state index is 12.0. The lowest BCUT2D eigenvalue weighted by Crippen LogP contribution is -2.58. The van der Waals surface area contributed by atoms with Gasteiger partial charge in [-0.2, -0.15) is 4.98 Å². The fraction of sp³-hybridized carbons (Fsp3) is 0.444. The summed E-state index contributed by atoms with van der Waals surface area (Å²) in [6.45, 7) is 10.2. The molecule has 0 bridgehead atoms. The number of piperazine rings is 2. The number of pyridine rings is 1. The lowest BCUT2D eigenvalue weighted by Gasteiger charge is -2.44. The predicted molar refractivity (Wildman–Crippen MR) is 151 cm³/mol. The number of amides is 3. The first kappa shape index (κ1) is 26.3. The minimum atomic E-state index is -0.0270. The molecule has 2 aliphatic rings. The fourth-order valence-corrected chi connectivity index (χ4v) is 5.51. The fourth-order valence-electron chi connectivity index (χ4n) is 5.51. The van der Waals surface area contributed by atoms with Crippen molar-refractivity contribution in [2.45, 2.75) is 32.9 Å². The van der Waals surface area contributed by atoms with Crippen molar-refractivity contribution >= 4 is 35.1 Å². The molecule has 0 saturated carbocycles. The van der Waals surface area contributed by atoms with Crippen molar-refractivity contribution in [3.63, 3.8) is 0 Å². The molecule has 0 aliphatic carbocycles. The van der Waals surface area contributed by atoms with E-state index in [1.165, 1.54) is 0 Å². The molecule has 2 N–H and O–H groups in total. The summed E-state index contributed by atoms with van der Waals surface area (Å²) in [5.41, 5.74) is 2.87. The Hall–Kier alpha value is -4.35. The summed E-state index contributed by atoms with van der Waals surface area (Å²) in [6, 6.07) is 12.2. The van der Waals surface area contributed by atoms with E-state index in [9.17, 15) is 9.59 Å². The highest BCUT2D eigenvalue weighted by Crippen LogP contribution is 2.24. The van der Waals surface area contributed by atoms with Crippen molar-refractivity contribution in [1.82, 2.24) is 34.9 Å². The van der Waals surface area contributed by atoms with Crippen molar-refractivity contribution in [1.29, 1.82) is 0 Å². The van der Waals surface area contributed by atoms with Crippen molar-refractivity contribution < 1.29 is 9.59 Å². The normalized spacial score (nSPS) is 19.7. The first-order valence-corrected chi connectivity index (χ1v) is 13.3. The third-order valence-corrected chi connectivity index (χ3v) is 7.36. The molecule has 2 aromatic heterocycles. The van der Waals surface area contributed by atoms with Gasteiger partial charge in [0.2, 0.25) is 11.9 Å². The maximum Gasteiger partial charge on any atom is 0.317 e. The molecule has 12 nitrogen and oxygen atoms in total. The monoisotopic (exact) mass is 532 g/mol. The first-order valence-electron chi connectivity index (χ1n) is 13.3. The molecule has 1 aromatic carbocycles. The summed E-state index contributed by atoms with van der Waals surface area (Å²) in [5.74, 6) is 1.46. The summed E-state index contributed by atoms with van der Waals surface area (Å²) < 4.78 is 1.73. The second-order valence-electron chi connectivity index (χ2n) is 10.1. The van der Waals surface area contributed by atoms with Crippen LogP contribution in [-0.2, 0) is 4.79 Å². The largest absolute Gasteiger partial charge is 0.368 e. The molecule has 0 spiro atoms. The molecule has 4 heterocycles. The molecule has 2 aliphatic heterocycles. The molecule has 5 rings (SSSR count). The number of rotatable bonds is 5. The van der Waals surface area contributed by atoms with Gasteiger partial charge in [-0.25, -0.2) is 14.5 Å². The molecule has 0 radical (unpaired) electrons. The minimum Gasteiger partial charge on any atom is -0.368 e. The van der Waals surface area contributed by atoms with Crippen molar-refractivity contribution in [3.8, 4) is 5.69 Å². The molecular formula is C27H36N10O2. The second kappa shape index (κ2) is 11.2. The second-order valence-corrected chi connectivity index (χ2v) is 10.1. The van der Waals surface area contributed by atoms with E-state index in [-0.39, 0.29) is 24.0 Å². The number of nitrogens with zero attached hydrogens (tertiary/aromatic N) is 8. The van der Waals surface area contributed by atoms with Crippen LogP contribution in [0.25, 0.3) is 5.69 Å². The van der Waals surface area contributed by atoms with Gasteiger partial charge >= 0.3 is 6.03 Å². The number of benzene rings is 1. The van der Waals surface area contributed by atoms with Gasteiger partial charge < -0.3 is 30.2 Å². The van der Waals surface area contributed by atoms with Crippen molar-refractivity contribution in [2.75, 3.05) is 61.4 Å². The van der Waals surface area contributed by atoms with Gasteiger partial charge in [-0.3, -0.25) is 4.79 Å². The van der Waals surface area contributed by atoms with Crippen LogP contribution in [0, 0.1) is 0 Å². The standard InChI is InChI=1S/C27H36N10O2/c1-19-16-35(17-20(2)37(19)21(3)38)25-15-24(9-10-29-25)36-18-30-26(32-36)31-22-5-7-23(8-6-22)33-11-13-34(14-12-33)27(39)28-4/h5-10,15,18-20H,11-14,16-17H2,1-4H3,(H,28,39)(H,31,32)/t19-,20+. The van der Waals surface area contributed by atoms with E-state index in [1.807, 2.05) is 34.1 Å². The zero-order valence-electron chi connectivity index (χ0n) is 22.9. The molecule has 0 unspecified atom stereocenters. The molecule has 2 saturated heterocycles. The van der Waals surface area contributed by atoms with E-state index >= 15 is 0 Å². The number of hydrogen-bond acceptors (Lipinski definition) is 8. The van der Waals surface area contributed by atoms with Gasteiger partial charge in [0.15, 0.2) is 0 Å². The maximum atomic E-state index is 12.0. The van der Waals surface area contributed by atoms with Gasteiger partial charge in [0, 0.05) is 89.0 Å². The first-order chi connectivity index (χ1) is 18.8. The summed E-state index contributed by atoms with van der Waals surface area (Å²) in [7, 11) is 1.66. The number of urea groups is 1. The highest BCUT2D eigenvalue weighted by atomic mass is 16.2. The van der Waals surface area contributed by atoms with Crippen LogP contribution >= 0.6 is 0 Å². The summed E-state index contributed by atoms with van der Waals surface area (Å²) >= 11 is 0. The lowest BCUT2D eigenvalue weighted by atomic mass is 10.1. The third kappa shape index (κ3) is 5.74. The molecular weight excluding hydrogens is 496 g/mol. The highest BCUT2D eigenvalue weighted by molar-refractivity contribution is 5.75. The Morgan fingerprint density at radius 2 is 1.59 bits per heavy atom. The van der Waals surface area contributed by atoms with Crippen LogP contribution < -0.4 is 20.4 Å². The van der Waals surface area contributed by atoms with Crippen LogP contribution in [-0.4, -0.2) is 99.9 Å². The Labute approximate surface area is 228 Å². The average Bonchev–Trinajstić information content (AvgIpc) is 3.41. The summed E-state index contributed by atoms with van der Waals surface area (Å²) in [6.07, 6.45) is 3.46. The zero-order valence-corrected chi connectivity index (χ0v) is 22.9. The summed E-state index contributed by atoms with van der Waals surface area (Å²) in [5, 5.41) is 10.6. The van der Waals surface area contributed by atoms with Gasteiger partial charge in [0.05, 0.1) is 5.69 Å². The Kier molecular flexibility index (Phi) is 7.53. The average molecular weight is 533 g/mol. The van der Waals surface area contributed by atoms with Gasteiger partial charge in [0.25, 0.3) is 0 Å². The number of hydrogen-bond donors (Lipinski definition) is 2. The molecule has 3 amide bonds. The van der Waals surface area contributed by atoms with Gasteiger partial charge in [-0.15, -0.1) is 5.10 Å². The van der Waals surface area contributed by atoms with E-state index in [0.29, 0.717) is 19.0 Å². The van der Waals surface area contributed by atoms with Crippen LogP contribution in [0.15, 0.2) is 48.9 Å². The predicted octanol–water partition coefficient (Wildman–Crippen LogP) is 2.31. The molecule has 2 fully saturated rings. The molecule has 3 aromatic rings. The number of nitrogens with one attached hydrogen (secondary N) is 2. The Balaban J connectivity index is 1.21. The van der Waals surface area contributed by atoms with Crippen LogP contribution in [0.5, 0.6) is 0 Å². The van der Waals surface area contributed by atoms with E-state index in [2.05, 4.69) is 61.5 Å². The van der Waals surface area contributed by atoms with E-state index in [0.717, 1.165) is 49.1 Å². The zero-order chi connectivity index (χ0) is 27.5. The minimum absolute atomic E-state index is 0.0270. The Bertz CT molecular complexity index is 1290. The quantitative estimate of drug-likeness (QED) is 0.515. The van der Waals surface area contributed by atoms with Crippen LogP contribution in [0.4, 0.5) is 27.9 Å². The van der Waals surface area contributed by atoms with Gasteiger partial charge in [-0.05, 0) is 44.2 Å². The molecule has 39 heavy (non-hydrogen) atoms.